The SMILES string of the molecule is CCC[C@@H](NC(=O)c1ccccc1OCC(=O)NC1(C)CC1)C(=O)N1CCC[C@@H]1C(=O)N1CCN(C)CC1. The van der Waals surface area contributed by atoms with Gasteiger partial charge >= 0.3 is 0 Å². The van der Waals surface area contributed by atoms with Crippen LogP contribution in [0.25, 0.3) is 0 Å². The minimum atomic E-state index is -0.750. The molecule has 2 aliphatic heterocycles. The van der Waals surface area contributed by atoms with Crippen LogP contribution >= 0.6 is 0 Å². The summed E-state index contributed by atoms with van der Waals surface area (Å²) in [6, 6.07) is 5.48. The zero-order chi connectivity index (χ0) is 27.3. The van der Waals surface area contributed by atoms with Gasteiger partial charge in [-0.15, -0.1) is 0 Å². The van der Waals surface area contributed by atoms with Crippen molar-refractivity contribution in [1.82, 2.24) is 25.3 Å². The number of likely N-dealkylation sites (N-methyl/N-ethyl adjacent to an activating group) is 1. The number of carbonyl (C=O) groups excluding carboxylic acids is 4. The maximum atomic E-state index is 13.6. The van der Waals surface area contributed by atoms with Crippen LogP contribution in [0, 0.1) is 0 Å². The molecule has 10 heteroatoms. The first kappa shape index (κ1) is 27.9. The Morgan fingerprint density at radius 3 is 2.47 bits per heavy atom. The van der Waals surface area contributed by atoms with Crippen molar-refractivity contribution in [2.24, 2.45) is 0 Å². The summed E-state index contributed by atoms with van der Waals surface area (Å²) in [6.07, 6.45) is 4.45. The van der Waals surface area contributed by atoms with E-state index in [1.807, 2.05) is 25.8 Å². The fourth-order valence-electron chi connectivity index (χ4n) is 5.12. The topological polar surface area (TPSA) is 111 Å². The van der Waals surface area contributed by atoms with Crippen molar-refractivity contribution in [2.75, 3.05) is 46.4 Å². The summed E-state index contributed by atoms with van der Waals surface area (Å²) in [6.45, 7) is 7.23. The lowest BCUT2D eigenvalue weighted by Gasteiger charge is -2.36. The molecular formula is C28H41N5O5. The second kappa shape index (κ2) is 12.1. The molecule has 2 heterocycles. The van der Waals surface area contributed by atoms with Gasteiger partial charge in [-0.05, 0) is 58.2 Å². The van der Waals surface area contributed by atoms with Gasteiger partial charge in [0.05, 0.1) is 5.56 Å². The number of amides is 4. The zero-order valence-corrected chi connectivity index (χ0v) is 22.8. The molecule has 208 valence electrons. The summed E-state index contributed by atoms with van der Waals surface area (Å²) in [5.74, 6) is -0.608. The summed E-state index contributed by atoms with van der Waals surface area (Å²) in [5, 5.41) is 5.83. The lowest BCUT2D eigenvalue weighted by atomic mass is 10.1. The van der Waals surface area contributed by atoms with E-state index in [9.17, 15) is 19.2 Å². The maximum absolute atomic E-state index is 13.6. The second-order valence-corrected chi connectivity index (χ2v) is 11.0. The predicted molar refractivity (Wildman–Crippen MR) is 143 cm³/mol. The second-order valence-electron chi connectivity index (χ2n) is 11.0. The van der Waals surface area contributed by atoms with E-state index in [4.69, 9.17) is 4.74 Å². The van der Waals surface area contributed by atoms with Gasteiger partial charge in [0.15, 0.2) is 6.61 Å². The van der Waals surface area contributed by atoms with Gasteiger partial charge in [-0.1, -0.05) is 25.5 Å². The highest BCUT2D eigenvalue weighted by atomic mass is 16.5. The standard InChI is InChI=1S/C28H41N5O5/c1-4-8-21(26(36)33-14-7-10-22(33)27(37)32-17-15-31(3)16-18-32)29-25(35)20-9-5-6-11-23(20)38-19-24(34)30-28(2)12-13-28/h5-6,9,11,21-22H,4,7-8,10,12-19H2,1-3H3,(H,29,35)(H,30,34)/t21-,22-/m1/s1. The van der Waals surface area contributed by atoms with Gasteiger partial charge in [0, 0.05) is 38.3 Å². The van der Waals surface area contributed by atoms with Crippen molar-refractivity contribution in [2.45, 2.75) is 70.0 Å². The van der Waals surface area contributed by atoms with E-state index < -0.39 is 18.0 Å². The summed E-state index contributed by atoms with van der Waals surface area (Å²) < 4.78 is 5.70. The molecular weight excluding hydrogens is 486 g/mol. The molecule has 3 fully saturated rings. The van der Waals surface area contributed by atoms with E-state index in [1.165, 1.54) is 0 Å². The third-order valence-electron chi connectivity index (χ3n) is 7.75. The number of piperazine rings is 1. The van der Waals surface area contributed by atoms with Crippen molar-refractivity contribution in [1.29, 1.82) is 0 Å². The largest absolute Gasteiger partial charge is 0.483 e. The lowest BCUT2D eigenvalue weighted by molar-refractivity contribution is -0.145. The number of nitrogens with one attached hydrogen (secondary N) is 2. The molecule has 1 aliphatic carbocycles. The van der Waals surface area contributed by atoms with Crippen molar-refractivity contribution < 1.29 is 23.9 Å². The van der Waals surface area contributed by atoms with Gasteiger partial charge in [0.1, 0.15) is 17.8 Å². The van der Waals surface area contributed by atoms with E-state index in [1.54, 1.807) is 29.2 Å². The van der Waals surface area contributed by atoms with Crippen LogP contribution in [0.4, 0.5) is 0 Å². The van der Waals surface area contributed by atoms with Gasteiger partial charge in [-0.2, -0.15) is 0 Å². The molecule has 1 aromatic carbocycles. The summed E-state index contributed by atoms with van der Waals surface area (Å²) in [7, 11) is 2.04. The van der Waals surface area contributed by atoms with E-state index in [2.05, 4.69) is 15.5 Å². The normalized spacial score (nSPS) is 21.5. The van der Waals surface area contributed by atoms with E-state index in [0.29, 0.717) is 38.9 Å². The van der Waals surface area contributed by atoms with Gasteiger partial charge in [0.2, 0.25) is 11.8 Å². The van der Waals surface area contributed by atoms with Crippen LogP contribution in [0.1, 0.15) is 62.7 Å². The Kier molecular flexibility index (Phi) is 8.91. The number of hydrogen-bond acceptors (Lipinski definition) is 6. The third kappa shape index (κ3) is 6.83. The van der Waals surface area contributed by atoms with E-state index in [-0.39, 0.29) is 41.2 Å². The quantitative estimate of drug-likeness (QED) is 0.476. The Labute approximate surface area is 225 Å². The molecule has 0 unspecified atom stereocenters. The van der Waals surface area contributed by atoms with Crippen molar-refractivity contribution in [3.05, 3.63) is 29.8 Å². The molecule has 10 nitrogen and oxygen atoms in total. The minimum absolute atomic E-state index is 0.00241. The molecule has 1 aromatic rings. The third-order valence-corrected chi connectivity index (χ3v) is 7.75. The summed E-state index contributed by atoms with van der Waals surface area (Å²) >= 11 is 0. The average molecular weight is 528 g/mol. The molecule has 1 saturated carbocycles. The molecule has 38 heavy (non-hydrogen) atoms. The molecule has 3 aliphatic rings. The molecule has 2 N–H and O–H groups in total. The highest BCUT2D eigenvalue weighted by Crippen LogP contribution is 2.34. The van der Waals surface area contributed by atoms with Crippen LogP contribution in [0.5, 0.6) is 5.75 Å². The van der Waals surface area contributed by atoms with Gasteiger partial charge in [-0.25, -0.2) is 0 Å². The van der Waals surface area contributed by atoms with Crippen LogP contribution in [0.2, 0.25) is 0 Å². The Bertz CT molecular complexity index is 1030. The van der Waals surface area contributed by atoms with Crippen LogP contribution in [0.3, 0.4) is 0 Å². The Morgan fingerprint density at radius 1 is 1.08 bits per heavy atom. The minimum Gasteiger partial charge on any atom is -0.483 e. The fourth-order valence-corrected chi connectivity index (χ4v) is 5.12. The molecule has 0 spiro atoms. The highest BCUT2D eigenvalue weighted by molar-refractivity contribution is 6.00. The smallest absolute Gasteiger partial charge is 0.258 e. The fraction of sp³-hybridized carbons (Fsp3) is 0.643. The number of carbonyl (C=O) groups is 4. The first-order valence-electron chi connectivity index (χ1n) is 13.8. The Balaban J connectivity index is 1.40. The van der Waals surface area contributed by atoms with Crippen LogP contribution in [-0.4, -0.2) is 102 Å². The monoisotopic (exact) mass is 527 g/mol. The van der Waals surface area contributed by atoms with Gasteiger partial charge < -0.3 is 30.1 Å². The predicted octanol–water partition coefficient (Wildman–Crippen LogP) is 1.40. The number of para-hydroxylation sites is 1. The number of ether oxygens (including phenoxy) is 1. The molecule has 4 rings (SSSR count). The Morgan fingerprint density at radius 2 is 1.79 bits per heavy atom. The molecule has 0 radical (unpaired) electrons. The van der Waals surface area contributed by atoms with Crippen molar-refractivity contribution in [3.63, 3.8) is 0 Å². The maximum Gasteiger partial charge on any atom is 0.258 e. The molecule has 2 saturated heterocycles. The van der Waals surface area contributed by atoms with E-state index in [0.717, 1.165) is 32.4 Å². The number of hydrogen-bond donors (Lipinski definition) is 2. The number of benzene rings is 1. The zero-order valence-electron chi connectivity index (χ0n) is 22.8. The highest BCUT2D eigenvalue weighted by Gasteiger charge is 2.40. The summed E-state index contributed by atoms with van der Waals surface area (Å²) in [4.78, 5) is 58.2. The Hall–Kier alpha value is -3.14. The van der Waals surface area contributed by atoms with Crippen LogP contribution < -0.4 is 15.4 Å². The molecule has 0 aromatic heterocycles. The van der Waals surface area contributed by atoms with E-state index >= 15 is 0 Å². The molecule has 0 bridgehead atoms. The first-order chi connectivity index (χ1) is 18.2. The van der Waals surface area contributed by atoms with Crippen LogP contribution in [0.15, 0.2) is 24.3 Å². The molecule has 4 amide bonds. The van der Waals surface area contributed by atoms with Crippen molar-refractivity contribution in [3.8, 4) is 5.75 Å². The van der Waals surface area contributed by atoms with Gasteiger partial charge in [-0.3, -0.25) is 19.2 Å². The number of likely N-dealkylation sites (tertiary alicyclic amines) is 1. The van der Waals surface area contributed by atoms with Crippen LogP contribution in [-0.2, 0) is 14.4 Å². The average Bonchev–Trinajstić information content (AvgIpc) is 3.42. The summed E-state index contributed by atoms with van der Waals surface area (Å²) in [5.41, 5.74) is 0.114. The van der Waals surface area contributed by atoms with Crippen molar-refractivity contribution >= 4 is 23.6 Å². The number of nitrogens with zero attached hydrogens (tertiary/aromatic N) is 3. The lowest BCUT2D eigenvalue weighted by Crippen LogP contribution is -2.56. The first-order valence-corrected chi connectivity index (χ1v) is 13.8. The molecule has 2 atom stereocenters. The van der Waals surface area contributed by atoms with Gasteiger partial charge in [0.25, 0.3) is 11.8 Å². The number of rotatable bonds is 10.